The summed E-state index contributed by atoms with van der Waals surface area (Å²) < 4.78 is 0. The van der Waals surface area contributed by atoms with Crippen LogP contribution in [0.2, 0.25) is 0 Å². The van der Waals surface area contributed by atoms with Gasteiger partial charge in [0.2, 0.25) is 0 Å². The molecule has 5 nitrogen and oxygen atoms in total. The minimum absolute atomic E-state index is 0.165. The molecule has 20 heavy (non-hydrogen) atoms. The number of aliphatic hydroxyl groups excluding tert-OH is 1. The third-order valence-corrected chi connectivity index (χ3v) is 4.50. The lowest BCUT2D eigenvalue weighted by Crippen LogP contribution is -2.27. The van der Waals surface area contributed by atoms with Crippen molar-refractivity contribution >= 4 is 27.9 Å². The molecule has 1 saturated carbocycles. The molecule has 5 N–H and O–H groups in total. The van der Waals surface area contributed by atoms with Crippen LogP contribution in [0.4, 0.5) is 10.7 Å². The Labute approximate surface area is 122 Å². The van der Waals surface area contributed by atoms with Gasteiger partial charge in [-0.2, -0.15) is 0 Å². The molecule has 0 aromatic carbocycles. The van der Waals surface area contributed by atoms with E-state index in [1.165, 1.54) is 11.3 Å². The molecule has 1 aromatic rings. The average molecular weight is 295 g/mol. The molecule has 1 aliphatic rings. The van der Waals surface area contributed by atoms with Crippen molar-refractivity contribution in [2.75, 3.05) is 17.6 Å². The van der Waals surface area contributed by atoms with Gasteiger partial charge in [-0.25, -0.2) is 0 Å². The van der Waals surface area contributed by atoms with Gasteiger partial charge in [-0.3, -0.25) is 4.79 Å². The molecule has 1 amide bonds. The Kier molecular flexibility index (Phi) is 5.03. The van der Waals surface area contributed by atoms with E-state index in [1.807, 2.05) is 0 Å². The molecule has 1 aliphatic carbocycles. The maximum absolute atomic E-state index is 11.9. The fourth-order valence-electron chi connectivity index (χ4n) is 2.32. The lowest BCUT2D eigenvalue weighted by molar-refractivity contribution is 0.0963. The van der Waals surface area contributed by atoms with Crippen LogP contribution < -0.4 is 16.4 Å². The van der Waals surface area contributed by atoms with Crippen LogP contribution in [-0.4, -0.2) is 29.7 Å². The Bertz CT molecular complexity index is 479. The third-order valence-electron chi connectivity index (χ3n) is 3.42. The molecule has 2 rings (SSSR count). The zero-order chi connectivity index (χ0) is 14.5. The second-order valence-corrected chi connectivity index (χ2v) is 6.10. The van der Waals surface area contributed by atoms with Gasteiger partial charge in [0.1, 0.15) is 4.88 Å². The van der Waals surface area contributed by atoms with Gasteiger partial charge in [-0.1, -0.05) is 6.08 Å². The topological polar surface area (TPSA) is 87.4 Å². The van der Waals surface area contributed by atoms with Gasteiger partial charge in [0.15, 0.2) is 0 Å². The first-order chi connectivity index (χ1) is 9.60. The molecule has 1 aromatic heterocycles. The summed E-state index contributed by atoms with van der Waals surface area (Å²) in [6.45, 7) is 3.99. The van der Waals surface area contributed by atoms with Crippen LogP contribution >= 0.6 is 11.3 Å². The monoisotopic (exact) mass is 295 g/mol. The van der Waals surface area contributed by atoms with Crippen LogP contribution in [0.5, 0.6) is 0 Å². The van der Waals surface area contributed by atoms with E-state index in [9.17, 15) is 9.90 Å². The van der Waals surface area contributed by atoms with Crippen molar-refractivity contribution in [1.82, 2.24) is 5.32 Å². The zero-order valence-electron chi connectivity index (χ0n) is 11.4. The fourth-order valence-corrected chi connectivity index (χ4v) is 3.29. The van der Waals surface area contributed by atoms with E-state index >= 15 is 0 Å². The number of hydrogen-bond donors (Lipinski definition) is 4. The van der Waals surface area contributed by atoms with E-state index in [0.29, 0.717) is 23.2 Å². The second kappa shape index (κ2) is 6.76. The number of thiophene rings is 1. The standard InChI is InChI=1S/C14H21N3O2S/c1-2-7-16-14(19)13-11(15)8-12(20-13)17-9-3-5-10(18)6-4-9/h2,8-10,17-18H,1,3-7,15H2,(H,16,19). The van der Waals surface area contributed by atoms with E-state index in [1.54, 1.807) is 12.1 Å². The molecular weight excluding hydrogens is 274 g/mol. The maximum atomic E-state index is 11.9. The largest absolute Gasteiger partial charge is 0.397 e. The van der Waals surface area contributed by atoms with E-state index in [-0.39, 0.29) is 12.0 Å². The van der Waals surface area contributed by atoms with Crippen molar-refractivity contribution in [2.45, 2.75) is 37.8 Å². The number of rotatable bonds is 5. The minimum atomic E-state index is -0.167. The van der Waals surface area contributed by atoms with Crippen LogP contribution in [0.3, 0.4) is 0 Å². The maximum Gasteiger partial charge on any atom is 0.263 e. The first-order valence-electron chi connectivity index (χ1n) is 6.83. The van der Waals surface area contributed by atoms with Crippen molar-refractivity contribution in [2.24, 2.45) is 0 Å². The van der Waals surface area contributed by atoms with Crippen molar-refractivity contribution in [1.29, 1.82) is 0 Å². The summed E-state index contributed by atoms with van der Waals surface area (Å²) in [5.74, 6) is -0.167. The molecule has 0 bridgehead atoms. The Morgan fingerprint density at radius 1 is 1.50 bits per heavy atom. The first kappa shape index (κ1) is 14.9. The SMILES string of the molecule is C=CCNC(=O)c1sc(NC2CCC(O)CC2)cc1N. The number of nitrogen functional groups attached to an aromatic ring is 1. The number of nitrogens with one attached hydrogen (secondary N) is 2. The summed E-state index contributed by atoms with van der Waals surface area (Å²) in [6, 6.07) is 2.15. The van der Waals surface area contributed by atoms with Gasteiger partial charge in [0.05, 0.1) is 16.8 Å². The number of carbonyl (C=O) groups is 1. The van der Waals surface area contributed by atoms with Crippen molar-refractivity contribution in [3.05, 3.63) is 23.6 Å². The molecule has 0 spiro atoms. The third kappa shape index (κ3) is 3.74. The van der Waals surface area contributed by atoms with Gasteiger partial charge >= 0.3 is 0 Å². The summed E-state index contributed by atoms with van der Waals surface area (Å²) in [6.07, 6.45) is 5.00. The molecule has 1 fully saturated rings. The van der Waals surface area contributed by atoms with E-state index in [2.05, 4.69) is 17.2 Å². The Morgan fingerprint density at radius 3 is 2.85 bits per heavy atom. The van der Waals surface area contributed by atoms with Crippen LogP contribution in [-0.2, 0) is 0 Å². The highest BCUT2D eigenvalue weighted by Gasteiger charge is 2.21. The summed E-state index contributed by atoms with van der Waals surface area (Å²) >= 11 is 1.37. The summed E-state index contributed by atoms with van der Waals surface area (Å²) in [4.78, 5) is 12.4. The van der Waals surface area contributed by atoms with Crippen LogP contribution in [0.1, 0.15) is 35.4 Å². The quantitative estimate of drug-likeness (QED) is 0.625. The lowest BCUT2D eigenvalue weighted by atomic mass is 9.93. The summed E-state index contributed by atoms with van der Waals surface area (Å²) in [5.41, 5.74) is 6.38. The van der Waals surface area contributed by atoms with Crippen LogP contribution in [0.15, 0.2) is 18.7 Å². The lowest BCUT2D eigenvalue weighted by Gasteiger charge is -2.26. The second-order valence-electron chi connectivity index (χ2n) is 5.04. The molecular formula is C14H21N3O2S. The Morgan fingerprint density at radius 2 is 2.20 bits per heavy atom. The molecule has 6 heteroatoms. The Balaban J connectivity index is 1.96. The van der Waals surface area contributed by atoms with E-state index in [4.69, 9.17) is 5.73 Å². The number of aliphatic hydroxyl groups is 1. The first-order valence-corrected chi connectivity index (χ1v) is 7.64. The van der Waals surface area contributed by atoms with E-state index in [0.717, 1.165) is 30.7 Å². The van der Waals surface area contributed by atoms with Gasteiger partial charge in [-0.15, -0.1) is 17.9 Å². The highest BCUT2D eigenvalue weighted by atomic mass is 32.1. The number of carbonyl (C=O) groups excluding carboxylic acids is 1. The van der Waals surface area contributed by atoms with Crippen molar-refractivity contribution < 1.29 is 9.90 Å². The smallest absolute Gasteiger partial charge is 0.263 e. The zero-order valence-corrected chi connectivity index (χ0v) is 12.2. The molecule has 0 aliphatic heterocycles. The highest BCUT2D eigenvalue weighted by Crippen LogP contribution is 2.31. The predicted molar refractivity (Wildman–Crippen MR) is 83.1 cm³/mol. The minimum Gasteiger partial charge on any atom is -0.397 e. The predicted octanol–water partition coefficient (Wildman–Crippen LogP) is 1.96. The van der Waals surface area contributed by atoms with Crippen LogP contribution in [0.25, 0.3) is 0 Å². The molecule has 0 radical (unpaired) electrons. The molecule has 0 atom stereocenters. The number of hydrogen-bond acceptors (Lipinski definition) is 5. The van der Waals surface area contributed by atoms with Crippen LogP contribution in [0, 0.1) is 0 Å². The molecule has 1 heterocycles. The van der Waals surface area contributed by atoms with E-state index < -0.39 is 0 Å². The van der Waals surface area contributed by atoms with Crippen molar-refractivity contribution in [3.8, 4) is 0 Å². The highest BCUT2D eigenvalue weighted by molar-refractivity contribution is 7.18. The summed E-state index contributed by atoms with van der Waals surface area (Å²) in [7, 11) is 0. The van der Waals surface area contributed by atoms with Gasteiger partial charge in [0, 0.05) is 12.6 Å². The molecule has 0 saturated heterocycles. The normalized spacial score (nSPS) is 22.2. The number of anilines is 2. The number of nitrogens with two attached hydrogens (primary N) is 1. The summed E-state index contributed by atoms with van der Waals surface area (Å²) in [5, 5.41) is 16.5. The van der Waals surface area contributed by atoms with Gasteiger partial charge in [-0.05, 0) is 31.7 Å². The average Bonchev–Trinajstić information content (AvgIpc) is 2.79. The Hall–Kier alpha value is -1.53. The number of amides is 1. The van der Waals surface area contributed by atoms with Gasteiger partial charge < -0.3 is 21.5 Å². The van der Waals surface area contributed by atoms with Crippen molar-refractivity contribution in [3.63, 3.8) is 0 Å². The molecule has 110 valence electrons. The van der Waals surface area contributed by atoms with Gasteiger partial charge in [0.25, 0.3) is 5.91 Å². The fraction of sp³-hybridized carbons (Fsp3) is 0.500. The molecule has 0 unspecified atom stereocenters.